The van der Waals surface area contributed by atoms with Gasteiger partial charge in [-0.3, -0.25) is 0 Å². The summed E-state index contributed by atoms with van der Waals surface area (Å²) >= 11 is 0. The van der Waals surface area contributed by atoms with Gasteiger partial charge in [0.15, 0.2) is 0 Å². The summed E-state index contributed by atoms with van der Waals surface area (Å²) in [4.78, 5) is 0. The van der Waals surface area contributed by atoms with Crippen molar-refractivity contribution in [3.05, 3.63) is 34.9 Å². The van der Waals surface area contributed by atoms with E-state index in [0.29, 0.717) is 0 Å². The standard InChI is InChI=1S/C11H13NO2/c1-14-11-5-3-9-6-8(7-12-13)2-4-10(9)11/h2,4,6-7,11,13H,3,5H2,1H3/b12-7+. The number of oxime groups is 1. The largest absolute Gasteiger partial charge is 0.411 e. The number of methoxy groups -OCH3 is 1. The molecule has 0 aromatic heterocycles. The lowest BCUT2D eigenvalue weighted by molar-refractivity contribution is 0.105. The third-order valence-corrected chi connectivity index (χ3v) is 2.68. The van der Waals surface area contributed by atoms with E-state index in [2.05, 4.69) is 5.16 Å². The Labute approximate surface area is 83.0 Å². The van der Waals surface area contributed by atoms with Gasteiger partial charge in [0.05, 0.1) is 12.3 Å². The summed E-state index contributed by atoms with van der Waals surface area (Å²) in [7, 11) is 1.74. The lowest BCUT2D eigenvalue weighted by Gasteiger charge is -2.08. The SMILES string of the molecule is COC1CCc2cc(/C=N/O)ccc21. The summed E-state index contributed by atoms with van der Waals surface area (Å²) in [6, 6.07) is 6.04. The maximum Gasteiger partial charge on any atom is 0.0827 e. The number of benzene rings is 1. The molecule has 1 aromatic rings. The number of nitrogens with zero attached hydrogens (tertiary/aromatic N) is 1. The topological polar surface area (TPSA) is 41.8 Å². The first kappa shape index (κ1) is 9.21. The van der Waals surface area contributed by atoms with Crippen molar-refractivity contribution < 1.29 is 9.94 Å². The van der Waals surface area contributed by atoms with E-state index in [1.165, 1.54) is 17.3 Å². The Kier molecular flexibility index (Phi) is 2.50. The molecule has 3 nitrogen and oxygen atoms in total. The quantitative estimate of drug-likeness (QED) is 0.442. The van der Waals surface area contributed by atoms with Gasteiger partial charge >= 0.3 is 0 Å². The van der Waals surface area contributed by atoms with Gasteiger partial charge in [0, 0.05) is 7.11 Å². The van der Waals surface area contributed by atoms with Crippen LogP contribution in [0.15, 0.2) is 23.4 Å². The van der Waals surface area contributed by atoms with E-state index in [4.69, 9.17) is 9.94 Å². The summed E-state index contributed by atoms with van der Waals surface area (Å²) in [6.07, 6.45) is 3.78. The van der Waals surface area contributed by atoms with Crippen molar-refractivity contribution in [3.63, 3.8) is 0 Å². The van der Waals surface area contributed by atoms with Crippen LogP contribution in [0, 0.1) is 0 Å². The van der Waals surface area contributed by atoms with E-state index in [1.54, 1.807) is 7.11 Å². The minimum absolute atomic E-state index is 0.241. The highest BCUT2D eigenvalue weighted by molar-refractivity contribution is 5.79. The van der Waals surface area contributed by atoms with Gasteiger partial charge in [-0.25, -0.2) is 0 Å². The van der Waals surface area contributed by atoms with Crippen molar-refractivity contribution in [2.24, 2.45) is 5.16 Å². The zero-order chi connectivity index (χ0) is 9.97. The number of ether oxygens (including phenoxy) is 1. The number of fused-ring (bicyclic) bond motifs is 1. The van der Waals surface area contributed by atoms with Crippen LogP contribution in [0.25, 0.3) is 0 Å². The fourth-order valence-electron chi connectivity index (χ4n) is 1.99. The molecule has 1 aromatic carbocycles. The number of aryl methyl sites for hydroxylation is 1. The molecule has 1 aliphatic carbocycles. The maximum atomic E-state index is 8.41. The van der Waals surface area contributed by atoms with E-state index in [0.717, 1.165) is 18.4 Å². The Balaban J connectivity index is 2.34. The fraction of sp³-hybridized carbons (Fsp3) is 0.364. The van der Waals surface area contributed by atoms with Gasteiger partial charge in [-0.15, -0.1) is 0 Å². The monoisotopic (exact) mass is 191 g/mol. The molecule has 0 fully saturated rings. The Morgan fingerprint density at radius 1 is 1.57 bits per heavy atom. The summed E-state index contributed by atoms with van der Waals surface area (Å²) in [5.74, 6) is 0. The van der Waals surface area contributed by atoms with E-state index >= 15 is 0 Å². The van der Waals surface area contributed by atoms with Crippen LogP contribution < -0.4 is 0 Å². The molecule has 0 aliphatic heterocycles. The number of hydrogen-bond acceptors (Lipinski definition) is 3. The molecule has 3 heteroatoms. The molecule has 1 unspecified atom stereocenters. The van der Waals surface area contributed by atoms with Crippen LogP contribution in [0.5, 0.6) is 0 Å². The second-order valence-corrected chi connectivity index (χ2v) is 3.47. The van der Waals surface area contributed by atoms with Crippen molar-refractivity contribution in [2.75, 3.05) is 7.11 Å². The molecule has 1 aliphatic rings. The van der Waals surface area contributed by atoms with Crippen LogP contribution in [0.2, 0.25) is 0 Å². The summed E-state index contributed by atoms with van der Waals surface area (Å²) in [6.45, 7) is 0. The number of rotatable bonds is 2. The molecular formula is C11H13NO2. The number of hydrogen-bond donors (Lipinski definition) is 1. The van der Waals surface area contributed by atoms with Gasteiger partial charge in [0.25, 0.3) is 0 Å². The van der Waals surface area contributed by atoms with E-state index in [1.807, 2.05) is 18.2 Å². The summed E-state index contributed by atoms with van der Waals surface area (Å²) < 4.78 is 5.35. The molecule has 0 saturated heterocycles. The highest BCUT2D eigenvalue weighted by atomic mass is 16.5. The normalized spacial score (nSPS) is 20.2. The molecule has 2 rings (SSSR count). The predicted octanol–water partition coefficient (Wildman–Crippen LogP) is 2.13. The highest BCUT2D eigenvalue weighted by Gasteiger charge is 2.21. The molecule has 0 radical (unpaired) electrons. The van der Waals surface area contributed by atoms with Gasteiger partial charge in [0.2, 0.25) is 0 Å². The molecule has 0 saturated carbocycles. The van der Waals surface area contributed by atoms with E-state index in [-0.39, 0.29) is 6.10 Å². The molecule has 74 valence electrons. The van der Waals surface area contributed by atoms with Crippen molar-refractivity contribution in [3.8, 4) is 0 Å². The first-order chi connectivity index (χ1) is 6.85. The minimum Gasteiger partial charge on any atom is -0.411 e. The lowest BCUT2D eigenvalue weighted by atomic mass is 10.1. The van der Waals surface area contributed by atoms with Crippen LogP contribution >= 0.6 is 0 Å². The molecule has 14 heavy (non-hydrogen) atoms. The van der Waals surface area contributed by atoms with E-state index in [9.17, 15) is 0 Å². The second kappa shape index (κ2) is 3.80. The Hall–Kier alpha value is -1.35. The van der Waals surface area contributed by atoms with Gasteiger partial charge in [-0.05, 0) is 35.6 Å². The van der Waals surface area contributed by atoms with Crippen LogP contribution in [0.3, 0.4) is 0 Å². The molecular weight excluding hydrogens is 178 g/mol. The van der Waals surface area contributed by atoms with Crippen molar-refractivity contribution >= 4 is 6.21 Å². The molecule has 1 atom stereocenters. The maximum absolute atomic E-state index is 8.41. The van der Waals surface area contributed by atoms with Crippen molar-refractivity contribution in [1.29, 1.82) is 0 Å². The molecule has 0 amide bonds. The lowest BCUT2D eigenvalue weighted by Crippen LogP contribution is -1.95. The van der Waals surface area contributed by atoms with Crippen molar-refractivity contribution in [1.82, 2.24) is 0 Å². The van der Waals surface area contributed by atoms with E-state index < -0.39 is 0 Å². The molecule has 0 bridgehead atoms. The Morgan fingerprint density at radius 3 is 3.14 bits per heavy atom. The van der Waals surface area contributed by atoms with Crippen molar-refractivity contribution in [2.45, 2.75) is 18.9 Å². The summed E-state index contributed by atoms with van der Waals surface area (Å²) in [5.41, 5.74) is 3.50. The first-order valence-corrected chi connectivity index (χ1v) is 4.68. The predicted molar refractivity (Wildman–Crippen MR) is 53.9 cm³/mol. The molecule has 0 spiro atoms. The second-order valence-electron chi connectivity index (χ2n) is 3.47. The molecule has 1 N–H and O–H groups in total. The molecule has 0 heterocycles. The first-order valence-electron chi connectivity index (χ1n) is 4.68. The zero-order valence-corrected chi connectivity index (χ0v) is 8.10. The highest BCUT2D eigenvalue weighted by Crippen LogP contribution is 2.33. The smallest absolute Gasteiger partial charge is 0.0827 e. The van der Waals surface area contributed by atoms with Gasteiger partial charge in [-0.2, -0.15) is 0 Å². The van der Waals surface area contributed by atoms with Crippen LogP contribution in [-0.4, -0.2) is 18.5 Å². The Morgan fingerprint density at radius 2 is 2.43 bits per heavy atom. The van der Waals surface area contributed by atoms with Gasteiger partial charge in [0.1, 0.15) is 0 Å². The average Bonchev–Trinajstić information content (AvgIpc) is 2.60. The minimum atomic E-state index is 0.241. The average molecular weight is 191 g/mol. The third-order valence-electron chi connectivity index (χ3n) is 2.68. The Bertz CT molecular complexity index is 360. The fourth-order valence-corrected chi connectivity index (χ4v) is 1.99. The van der Waals surface area contributed by atoms with Gasteiger partial charge in [-0.1, -0.05) is 17.3 Å². The van der Waals surface area contributed by atoms with Crippen LogP contribution in [0.4, 0.5) is 0 Å². The van der Waals surface area contributed by atoms with Crippen LogP contribution in [0.1, 0.15) is 29.2 Å². The third kappa shape index (κ3) is 1.51. The van der Waals surface area contributed by atoms with Gasteiger partial charge < -0.3 is 9.94 Å². The summed E-state index contributed by atoms with van der Waals surface area (Å²) in [5, 5.41) is 11.4. The zero-order valence-electron chi connectivity index (χ0n) is 8.10. The van der Waals surface area contributed by atoms with Crippen LogP contribution in [-0.2, 0) is 11.2 Å².